The number of hydrogen-bond donors (Lipinski definition) is 2. The first kappa shape index (κ1) is 25.6. The lowest BCUT2D eigenvalue weighted by Gasteiger charge is -2.20. The van der Waals surface area contributed by atoms with E-state index in [1.54, 1.807) is 16.4 Å². The maximum atomic E-state index is 12.0. The van der Waals surface area contributed by atoms with Gasteiger partial charge >= 0.3 is 0 Å². The van der Waals surface area contributed by atoms with Crippen LogP contribution in [0.25, 0.3) is 5.69 Å². The molecular weight excluding hydrogens is 448 g/mol. The zero-order valence-electron chi connectivity index (χ0n) is 18.4. The molecule has 0 unspecified atom stereocenters. The van der Waals surface area contributed by atoms with E-state index >= 15 is 0 Å². The lowest BCUT2D eigenvalue weighted by Crippen LogP contribution is -2.43. The summed E-state index contributed by atoms with van der Waals surface area (Å²) in [4.78, 5) is 12.0. The molecule has 0 bridgehead atoms. The molecule has 2 aromatic carbocycles. The molecule has 32 heavy (non-hydrogen) atoms. The van der Waals surface area contributed by atoms with Crippen LogP contribution in [0.1, 0.15) is 26.3 Å². The molecule has 0 aliphatic carbocycles. The summed E-state index contributed by atoms with van der Waals surface area (Å²) in [5, 5.41) is 19.0. The summed E-state index contributed by atoms with van der Waals surface area (Å²) in [6.45, 7) is 7.23. The van der Waals surface area contributed by atoms with Crippen molar-refractivity contribution in [2.24, 2.45) is 0 Å². The smallest absolute Gasteiger partial charge is 0.258 e. The van der Waals surface area contributed by atoms with Crippen LogP contribution in [0.15, 0.2) is 59.8 Å². The van der Waals surface area contributed by atoms with Crippen molar-refractivity contribution in [1.29, 1.82) is 0 Å². The van der Waals surface area contributed by atoms with Gasteiger partial charge in [-0.1, -0.05) is 48.2 Å². The van der Waals surface area contributed by atoms with Crippen molar-refractivity contribution in [3.05, 3.63) is 60.2 Å². The first-order valence-corrected chi connectivity index (χ1v) is 11.1. The van der Waals surface area contributed by atoms with Gasteiger partial charge in [0.2, 0.25) is 5.16 Å². The highest BCUT2D eigenvalue weighted by atomic mass is 35.5. The molecule has 1 heterocycles. The number of para-hydroxylation sites is 2. The Hall–Kier alpha value is -2.62. The van der Waals surface area contributed by atoms with Crippen molar-refractivity contribution in [2.75, 3.05) is 18.9 Å². The van der Waals surface area contributed by atoms with E-state index in [2.05, 4.69) is 26.2 Å². The molecule has 0 saturated heterocycles. The predicted molar refractivity (Wildman–Crippen MR) is 129 cm³/mol. The number of amides is 1. The molecule has 3 aromatic rings. The number of thioether (sulfide) groups is 1. The summed E-state index contributed by atoms with van der Waals surface area (Å²) in [6.07, 6.45) is 0. The van der Waals surface area contributed by atoms with Crippen LogP contribution in [-0.4, -0.2) is 50.6 Å². The zero-order valence-corrected chi connectivity index (χ0v) is 20.1. The molecule has 2 N–H and O–H groups in total. The number of carbonyl (C=O) groups is 1. The Morgan fingerprint density at radius 2 is 1.81 bits per heavy atom. The number of tetrazole rings is 1. The van der Waals surface area contributed by atoms with Crippen LogP contribution in [0.3, 0.4) is 0 Å². The Morgan fingerprint density at radius 1 is 1.09 bits per heavy atom. The zero-order chi connectivity index (χ0) is 22.1. The van der Waals surface area contributed by atoms with Crippen LogP contribution >= 0.6 is 24.2 Å². The third-order valence-corrected chi connectivity index (χ3v) is 5.03. The summed E-state index contributed by atoms with van der Waals surface area (Å²) in [5.41, 5.74) is 1.66. The lowest BCUT2D eigenvalue weighted by atomic mass is 10.1. The molecule has 0 saturated carbocycles. The van der Waals surface area contributed by atoms with Crippen LogP contribution in [0.4, 0.5) is 0 Å². The number of benzene rings is 2. The van der Waals surface area contributed by atoms with Crippen molar-refractivity contribution in [1.82, 2.24) is 30.8 Å². The molecule has 0 fully saturated rings. The SMILES string of the molecule is CC(C)(C)NC(=O)COc1ccccc1CNCCSc1nnnn1-c1ccccc1.Cl. The van der Waals surface area contributed by atoms with Gasteiger partial charge in [-0.2, -0.15) is 4.68 Å². The molecule has 3 rings (SSSR count). The molecule has 0 aliphatic heterocycles. The molecular formula is C22H29ClN6O2S. The van der Waals surface area contributed by atoms with Gasteiger partial charge in [-0.05, 0) is 49.4 Å². The Morgan fingerprint density at radius 3 is 2.56 bits per heavy atom. The van der Waals surface area contributed by atoms with E-state index in [-0.39, 0.29) is 30.5 Å². The van der Waals surface area contributed by atoms with Gasteiger partial charge in [-0.15, -0.1) is 17.5 Å². The average Bonchev–Trinajstić information content (AvgIpc) is 3.21. The summed E-state index contributed by atoms with van der Waals surface area (Å²) < 4.78 is 7.47. The number of halogens is 1. The molecule has 8 nitrogen and oxygen atoms in total. The highest BCUT2D eigenvalue weighted by Crippen LogP contribution is 2.19. The minimum atomic E-state index is -0.278. The number of nitrogens with zero attached hydrogens (tertiary/aromatic N) is 4. The van der Waals surface area contributed by atoms with Gasteiger partial charge in [0.1, 0.15) is 5.75 Å². The largest absolute Gasteiger partial charge is 0.483 e. The molecule has 1 aromatic heterocycles. The van der Waals surface area contributed by atoms with Gasteiger partial charge in [-0.25, -0.2) is 0 Å². The number of ether oxygens (including phenoxy) is 1. The fourth-order valence-corrected chi connectivity index (χ4v) is 3.61. The van der Waals surface area contributed by atoms with Crippen molar-refractivity contribution in [3.63, 3.8) is 0 Å². The predicted octanol–water partition coefficient (Wildman–Crippen LogP) is 3.26. The molecule has 0 spiro atoms. The van der Waals surface area contributed by atoms with Crippen molar-refractivity contribution in [3.8, 4) is 11.4 Å². The van der Waals surface area contributed by atoms with E-state index in [1.807, 2.05) is 75.4 Å². The highest BCUT2D eigenvalue weighted by Gasteiger charge is 2.14. The van der Waals surface area contributed by atoms with Gasteiger partial charge < -0.3 is 15.4 Å². The van der Waals surface area contributed by atoms with E-state index < -0.39 is 0 Å². The molecule has 1 amide bonds. The van der Waals surface area contributed by atoms with Crippen LogP contribution in [0.5, 0.6) is 5.75 Å². The Balaban J connectivity index is 0.00000363. The first-order valence-electron chi connectivity index (χ1n) is 10.1. The number of hydrogen-bond acceptors (Lipinski definition) is 7. The number of carbonyl (C=O) groups excluding carboxylic acids is 1. The van der Waals surface area contributed by atoms with Crippen molar-refractivity contribution < 1.29 is 9.53 Å². The van der Waals surface area contributed by atoms with Crippen LogP contribution in [0, 0.1) is 0 Å². The van der Waals surface area contributed by atoms with E-state index in [9.17, 15) is 4.79 Å². The molecule has 0 atom stereocenters. The Labute approximate surface area is 198 Å². The number of rotatable bonds is 10. The van der Waals surface area contributed by atoms with Crippen LogP contribution in [0.2, 0.25) is 0 Å². The topological polar surface area (TPSA) is 94.0 Å². The van der Waals surface area contributed by atoms with E-state index in [0.717, 1.165) is 28.7 Å². The third kappa shape index (κ3) is 8.14. The second kappa shape index (κ2) is 12.4. The van der Waals surface area contributed by atoms with E-state index in [4.69, 9.17) is 4.74 Å². The second-order valence-corrected chi connectivity index (χ2v) is 8.99. The van der Waals surface area contributed by atoms with Gasteiger partial charge in [0.15, 0.2) is 6.61 Å². The van der Waals surface area contributed by atoms with E-state index in [0.29, 0.717) is 12.3 Å². The lowest BCUT2D eigenvalue weighted by molar-refractivity contribution is -0.124. The van der Waals surface area contributed by atoms with Crippen molar-refractivity contribution >= 4 is 30.1 Å². The standard InChI is InChI=1S/C22H28N6O2S.ClH/c1-22(2,3)24-20(29)16-30-19-12-8-7-9-17(19)15-23-13-14-31-21-25-26-27-28(21)18-10-5-4-6-11-18;/h4-12,23H,13-16H2,1-3H3,(H,24,29);1H. The van der Waals surface area contributed by atoms with E-state index in [1.165, 1.54) is 0 Å². The second-order valence-electron chi connectivity index (χ2n) is 7.93. The molecule has 0 radical (unpaired) electrons. The van der Waals surface area contributed by atoms with Gasteiger partial charge in [0.25, 0.3) is 5.91 Å². The maximum Gasteiger partial charge on any atom is 0.258 e. The third-order valence-electron chi connectivity index (χ3n) is 4.11. The number of aromatic nitrogens is 4. The summed E-state index contributed by atoms with van der Waals surface area (Å²) in [5.74, 6) is 1.38. The highest BCUT2D eigenvalue weighted by molar-refractivity contribution is 7.99. The van der Waals surface area contributed by atoms with Gasteiger partial charge in [0.05, 0.1) is 5.69 Å². The molecule has 0 aliphatic rings. The van der Waals surface area contributed by atoms with Gasteiger partial charge in [-0.3, -0.25) is 4.79 Å². The summed E-state index contributed by atoms with van der Waals surface area (Å²) in [7, 11) is 0. The monoisotopic (exact) mass is 476 g/mol. The maximum absolute atomic E-state index is 12.0. The summed E-state index contributed by atoms with van der Waals surface area (Å²) in [6, 6.07) is 17.6. The van der Waals surface area contributed by atoms with Crippen molar-refractivity contribution in [2.45, 2.75) is 38.0 Å². The average molecular weight is 477 g/mol. The minimum absolute atomic E-state index is 0. The minimum Gasteiger partial charge on any atom is -0.483 e. The Bertz CT molecular complexity index is 978. The number of nitrogens with one attached hydrogen (secondary N) is 2. The summed E-state index contributed by atoms with van der Waals surface area (Å²) >= 11 is 1.59. The van der Waals surface area contributed by atoms with Gasteiger partial charge in [0, 0.05) is 29.9 Å². The molecule has 10 heteroatoms. The van der Waals surface area contributed by atoms with Crippen LogP contribution < -0.4 is 15.4 Å². The normalized spacial score (nSPS) is 11.0. The fraction of sp³-hybridized carbons (Fsp3) is 0.364. The van der Waals surface area contributed by atoms with Crippen LogP contribution in [-0.2, 0) is 11.3 Å². The Kier molecular flexibility index (Phi) is 9.96. The first-order chi connectivity index (χ1) is 14.9. The quantitative estimate of drug-likeness (QED) is 0.342. The fourth-order valence-electron chi connectivity index (χ4n) is 2.83. The molecule has 172 valence electrons.